The van der Waals surface area contributed by atoms with Gasteiger partial charge < -0.3 is 14.4 Å². The van der Waals surface area contributed by atoms with Gasteiger partial charge in [0.2, 0.25) is 0 Å². The number of thioether (sulfide) groups is 1. The molecule has 2 rings (SSSR count). The first-order valence-corrected chi connectivity index (χ1v) is 20.8. The minimum Gasteiger partial charge on any atom is -0.469 e. The Kier molecular flexibility index (Phi) is 23.8. The SMILES string of the molecule is CCCCCCCCCCCCCCCCCCOC(=O)C(CSc1nc2c(N(CCCC)CCCC)cccc2s1)CC(=O)OC. The molecule has 0 saturated heterocycles. The lowest BCUT2D eigenvalue weighted by Crippen LogP contribution is -2.25. The van der Waals surface area contributed by atoms with Crippen LogP contribution in [0, 0.1) is 5.92 Å². The average Bonchev–Trinajstić information content (AvgIpc) is 3.51. The number of rotatable bonds is 30. The number of carbonyl (C=O) groups excluding carboxylic acids is 2. The van der Waals surface area contributed by atoms with E-state index in [0.29, 0.717) is 12.4 Å². The number of esters is 2. The molecule has 0 aliphatic carbocycles. The first-order chi connectivity index (χ1) is 23.0. The van der Waals surface area contributed by atoms with E-state index in [1.165, 1.54) is 114 Å². The number of hydrogen-bond acceptors (Lipinski definition) is 8. The molecular formula is C39H66N2O4S2. The maximum Gasteiger partial charge on any atom is 0.310 e. The zero-order valence-electron chi connectivity index (χ0n) is 30.3. The molecule has 0 fully saturated rings. The van der Waals surface area contributed by atoms with Crippen molar-refractivity contribution < 1.29 is 19.1 Å². The monoisotopic (exact) mass is 690 g/mol. The van der Waals surface area contributed by atoms with Gasteiger partial charge in [-0.2, -0.15) is 0 Å². The molecule has 268 valence electrons. The van der Waals surface area contributed by atoms with Crippen LogP contribution in [-0.4, -0.2) is 49.5 Å². The van der Waals surface area contributed by atoms with Crippen molar-refractivity contribution in [3.05, 3.63) is 18.2 Å². The Morgan fingerprint density at radius 1 is 0.766 bits per heavy atom. The lowest BCUT2D eigenvalue weighted by atomic mass is 10.0. The van der Waals surface area contributed by atoms with Gasteiger partial charge in [-0.05, 0) is 31.4 Å². The van der Waals surface area contributed by atoms with Gasteiger partial charge in [-0.25, -0.2) is 4.98 Å². The standard InChI is InChI=1S/C39H66N2O4S2/c1-5-8-11-12-13-14-15-16-17-18-19-20-21-22-23-24-30-45-38(43)33(31-36(42)44-4)32-46-39-40-37-34(26-25-27-35(37)47-39)41(28-9-6-2)29-10-7-3/h25-27,33H,5-24,28-32H2,1-4H3. The third-order valence-electron chi connectivity index (χ3n) is 8.91. The zero-order chi connectivity index (χ0) is 34.0. The highest BCUT2D eigenvalue weighted by Crippen LogP contribution is 2.36. The molecule has 0 bridgehead atoms. The Balaban J connectivity index is 1.71. The van der Waals surface area contributed by atoms with E-state index in [1.807, 2.05) is 0 Å². The molecule has 1 aromatic carbocycles. The number of para-hydroxylation sites is 1. The number of benzene rings is 1. The maximum atomic E-state index is 13.0. The summed E-state index contributed by atoms with van der Waals surface area (Å²) in [4.78, 5) is 32.6. The molecule has 0 aliphatic rings. The smallest absolute Gasteiger partial charge is 0.310 e. The van der Waals surface area contributed by atoms with Gasteiger partial charge in [0, 0.05) is 18.8 Å². The molecule has 0 amide bonds. The first-order valence-electron chi connectivity index (χ1n) is 19.0. The molecule has 8 heteroatoms. The van der Waals surface area contributed by atoms with Crippen LogP contribution in [0.25, 0.3) is 10.2 Å². The van der Waals surface area contributed by atoms with Gasteiger partial charge in [0.15, 0.2) is 4.34 Å². The summed E-state index contributed by atoms with van der Waals surface area (Å²) in [7, 11) is 1.37. The summed E-state index contributed by atoms with van der Waals surface area (Å²) in [5.74, 6) is -0.803. The van der Waals surface area contributed by atoms with Crippen molar-refractivity contribution in [2.45, 2.75) is 160 Å². The highest BCUT2D eigenvalue weighted by Gasteiger charge is 2.25. The Morgan fingerprint density at radius 3 is 1.83 bits per heavy atom. The molecule has 0 aliphatic heterocycles. The minimum absolute atomic E-state index is 0.0270. The number of methoxy groups -OCH3 is 1. The van der Waals surface area contributed by atoms with E-state index in [1.54, 1.807) is 11.3 Å². The van der Waals surface area contributed by atoms with Crippen molar-refractivity contribution in [1.82, 2.24) is 4.98 Å². The van der Waals surface area contributed by atoms with Crippen LogP contribution in [0.1, 0.15) is 156 Å². The van der Waals surface area contributed by atoms with Gasteiger partial charge in [-0.1, -0.05) is 148 Å². The minimum atomic E-state index is -0.550. The predicted molar refractivity (Wildman–Crippen MR) is 203 cm³/mol. The van der Waals surface area contributed by atoms with Crippen LogP contribution in [0.4, 0.5) is 5.69 Å². The summed E-state index contributed by atoms with van der Waals surface area (Å²) in [6.07, 6.45) is 25.6. The summed E-state index contributed by atoms with van der Waals surface area (Å²) in [6, 6.07) is 6.42. The number of hydrogen-bond donors (Lipinski definition) is 0. The van der Waals surface area contributed by atoms with Crippen LogP contribution in [0.15, 0.2) is 22.5 Å². The van der Waals surface area contributed by atoms with Crippen molar-refractivity contribution >= 4 is 50.9 Å². The van der Waals surface area contributed by atoms with E-state index in [2.05, 4.69) is 43.9 Å². The summed E-state index contributed by atoms with van der Waals surface area (Å²) < 4.78 is 12.6. The Hall–Kier alpha value is -1.80. The maximum absolute atomic E-state index is 13.0. The number of ether oxygens (including phenoxy) is 2. The summed E-state index contributed by atoms with van der Waals surface area (Å²) in [6.45, 7) is 9.21. The molecule has 0 spiro atoms. The van der Waals surface area contributed by atoms with E-state index in [9.17, 15) is 9.59 Å². The van der Waals surface area contributed by atoms with Gasteiger partial charge in [0.05, 0.1) is 36.4 Å². The second kappa shape index (κ2) is 27.1. The largest absolute Gasteiger partial charge is 0.469 e. The molecule has 6 nitrogen and oxygen atoms in total. The number of thiazole rings is 1. The third-order valence-corrected chi connectivity index (χ3v) is 11.2. The summed E-state index contributed by atoms with van der Waals surface area (Å²) in [5, 5.41) is 0. The zero-order valence-corrected chi connectivity index (χ0v) is 32.0. The van der Waals surface area contributed by atoms with Crippen molar-refractivity contribution in [1.29, 1.82) is 0 Å². The Labute approximate surface area is 295 Å². The lowest BCUT2D eigenvalue weighted by molar-refractivity contribution is -0.153. The fraction of sp³-hybridized carbons (Fsp3) is 0.769. The second-order valence-electron chi connectivity index (χ2n) is 13.1. The molecule has 1 atom stereocenters. The van der Waals surface area contributed by atoms with Crippen molar-refractivity contribution in [2.24, 2.45) is 5.92 Å². The van der Waals surface area contributed by atoms with Crippen LogP contribution in [0.3, 0.4) is 0 Å². The molecule has 1 heterocycles. The molecule has 47 heavy (non-hydrogen) atoms. The highest BCUT2D eigenvalue weighted by molar-refractivity contribution is 8.01. The molecule has 0 saturated carbocycles. The number of aromatic nitrogens is 1. The summed E-state index contributed by atoms with van der Waals surface area (Å²) >= 11 is 3.19. The van der Waals surface area contributed by atoms with Crippen LogP contribution < -0.4 is 4.90 Å². The fourth-order valence-corrected chi connectivity index (χ4v) is 8.07. The summed E-state index contributed by atoms with van der Waals surface area (Å²) in [5.41, 5.74) is 2.22. The van der Waals surface area contributed by atoms with Gasteiger partial charge in [0.1, 0.15) is 5.52 Å². The molecule has 0 radical (unpaired) electrons. The van der Waals surface area contributed by atoms with Gasteiger partial charge in [-0.3, -0.25) is 9.59 Å². The topological polar surface area (TPSA) is 68.7 Å². The van der Waals surface area contributed by atoms with E-state index in [4.69, 9.17) is 14.5 Å². The van der Waals surface area contributed by atoms with Gasteiger partial charge >= 0.3 is 11.9 Å². The van der Waals surface area contributed by atoms with Crippen molar-refractivity contribution in [3.8, 4) is 0 Å². The van der Waals surface area contributed by atoms with E-state index < -0.39 is 5.92 Å². The van der Waals surface area contributed by atoms with Crippen molar-refractivity contribution in [3.63, 3.8) is 0 Å². The number of unbranched alkanes of at least 4 members (excludes halogenated alkanes) is 17. The number of anilines is 1. The van der Waals surface area contributed by atoms with E-state index in [-0.39, 0.29) is 18.4 Å². The Bertz CT molecular complexity index is 1080. The number of fused-ring (bicyclic) bond motifs is 1. The van der Waals surface area contributed by atoms with Crippen LogP contribution >= 0.6 is 23.1 Å². The number of nitrogens with zero attached hydrogens (tertiary/aromatic N) is 2. The van der Waals surface area contributed by atoms with Crippen LogP contribution in [0.2, 0.25) is 0 Å². The molecule has 2 aromatic rings. The average molecular weight is 691 g/mol. The number of carbonyl (C=O) groups is 2. The predicted octanol–water partition coefficient (Wildman–Crippen LogP) is 11.8. The van der Waals surface area contributed by atoms with Gasteiger partial charge in [-0.15, -0.1) is 11.3 Å². The second-order valence-corrected chi connectivity index (χ2v) is 15.4. The molecule has 1 aromatic heterocycles. The quantitative estimate of drug-likeness (QED) is 0.0459. The normalized spacial score (nSPS) is 12.0. The Morgan fingerprint density at radius 2 is 1.30 bits per heavy atom. The molecule has 0 N–H and O–H groups in total. The van der Waals surface area contributed by atoms with E-state index >= 15 is 0 Å². The van der Waals surface area contributed by atoms with Crippen molar-refractivity contribution in [2.75, 3.05) is 37.5 Å². The van der Waals surface area contributed by atoms with E-state index in [0.717, 1.165) is 66.2 Å². The fourth-order valence-electron chi connectivity index (χ4n) is 5.89. The molecule has 1 unspecified atom stereocenters. The van der Waals surface area contributed by atoms with Crippen LogP contribution in [0.5, 0.6) is 0 Å². The lowest BCUT2D eigenvalue weighted by Gasteiger charge is -2.25. The first kappa shape index (κ1) is 41.4. The third kappa shape index (κ3) is 18.0. The van der Waals surface area contributed by atoms with Crippen LogP contribution in [-0.2, 0) is 19.1 Å². The van der Waals surface area contributed by atoms with Gasteiger partial charge in [0.25, 0.3) is 0 Å². The molecular weight excluding hydrogens is 625 g/mol. The highest BCUT2D eigenvalue weighted by atomic mass is 32.2.